The van der Waals surface area contributed by atoms with Gasteiger partial charge < -0.3 is 14.2 Å². The van der Waals surface area contributed by atoms with Gasteiger partial charge in [-0.2, -0.15) is 0 Å². The summed E-state index contributed by atoms with van der Waals surface area (Å²) >= 11 is 0. The molecule has 0 N–H and O–H groups in total. The van der Waals surface area contributed by atoms with Crippen LogP contribution in [0.1, 0.15) is 20.3 Å². The normalized spacial score (nSPS) is 20.8. The lowest BCUT2D eigenvalue weighted by molar-refractivity contribution is -0.155. The summed E-state index contributed by atoms with van der Waals surface area (Å²) in [5.74, 6) is -1.11. The summed E-state index contributed by atoms with van der Waals surface area (Å²) in [6.45, 7) is 3.53. The van der Waals surface area contributed by atoms with Gasteiger partial charge in [0, 0.05) is 23.7 Å². The molecule has 1 aliphatic heterocycles. The topological polar surface area (TPSA) is 78.9 Å². The molecule has 0 bridgehead atoms. The van der Waals surface area contributed by atoms with E-state index >= 15 is 0 Å². The second kappa shape index (κ2) is 5.14. The maximum atomic E-state index is 11.5. The lowest BCUT2D eigenvalue weighted by Crippen LogP contribution is -2.37. The van der Waals surface area contributed by atoms with Gasteiger partial charge in [0.15, 0.2) is 11.5 Å². The van der Waals surface area contributed by atoms with Crippen LogP contribution in [0.15, 0.2) is 23.1 Å². The van der Waals surface area contributed by atoms with Crippen LogP contribution in [0.25, 0.3) is 0 Å². The van der Waals surface area contributed by atoms with E-state index in [1.165, 1.54) is 18.2 Å². The predicted molar refractivity (Wildman–Crippen MR) is 70.4 cm³/mol. The summed E-state index contributed by atoms with van der Waals surface area (Å²) in [7, 11) is 1.41. The molecule has 0 fully saturated rings. The van der Waals surface area contributed by atoms with Crippen molar-refractivity contribution in [2.45, 2.75) is 31.0 Å². The van der Waals surface area contributed by atoms with Gasteiger partial charge in [0.25, 0.3) is 14.8 Å². The number of halogens is 1. The molecule has 0 aromatic heterocycles. The molecule has 6 nitrogen and oxygen atoms in total. The van der Waals surface area contributed by atoms with Crippen LogP contribution in [-0.2, 0) is 18.6 Å². The zero-order valence-electron chi connectivity index (χ0n) is 10.9. The zero-order chi connectivity index (χ0) is 15.0. The van der Waals surface area contributed by atoms with Crippen LogP contribution in [0.4, 0.5) is 0 Å². The Labute approximate surface area is 121 Å². The van der Waals surface area contributed by atoms with Crippen molar-refractivity contribution < 1.29 is 27.4 Å². The van der Waals surface area contributed by atoms with Gasteiger partial charge in [-0.15, -0.1) is 0 Å². The number of fused-ring (bicyclic) bond motifs is 1. The highest BCUT2D eigenvalue weighted by atomic mass is 35.7. The highest BCUT2D eigenvalue weighted by molar-refractivity contribution is 8.13. The van der Waals surface area contributed by atoms with Crippen LogP contribution in [0, 0.1) is 0 Å². The van der Waals surface area contributed by atoms with Crippen LogP contribution in [0.3, 0.4) is 0 Å². The van der Waals surface area contributed by atoms with E-state index in [1.807, 2.05) is 0 Å². The third-order valence-electron chi connectivity index (χ3n) is 2.62. The zero-order valence-corrected chi connectivity index (χ0v) is 12.5. The highest BCUT2D eigenvalue weighted by Gasteiger charge is 2.40. The Bertz CT molecular complexity index is 641. The Kier molecular flexibility index (Phi) is 3.84. The number of rotatable bonds is 4. The van der Waals surface area contributed by atoms with Crippen molar-refractivity contribution in [3.8, 4) is 11.5 Å². The van der Waals surface area contributed by atoms with Crippen LogP contribution >= 0.6 is 10.7 Å². The number of hydrogen-bond donors (Lipinski definition) is 0. The van der Waals surface area contributed by atoms with Gasteiger partial charge in [0.05, 0.1) is 11.5 Å². The molecule has 1 aromatic carbocycles. The van der Waals surface area contributed by atoms with Crippen LogP contribution in [0.2, 0.25) is 0 Å². The Hall–Kier alpha value is -1.47. The number of carbonyl (C=O) groups excluding carboxylic acids is 1. The molecule has 0 amide bonds. The Morgan fingerprint density at radius 1 is 1.35 bits per heavy atom. The van der Waals surface area contributed by atoms with Crippen molar-refractivity contribution >= 4 is 25.7 Å². The molecule has 2 rings (SSSR count). The summed E-state index contributed by atoms with van der Waals surface area (Å²) < 4.78 is 38.4. The fourth-order valence-electron chi connectivity index (χ4n) is 1.84. The molecule has 20 heavy (non-hydrogen) atoms. The first-order valence-corrected chi connectivity index (χ1v) is 8.17. The van der Waals surface area contributed by atoms with E-state index in [2.05, 4.69) is 0 Å². The fourth-order valence-corrected chi connectivity index (χ4v) is 2.60. The van der Waals surface area contributed by atoms with E-state index in [4.69, 9.17) is 24.9 Å². The Balaban J connectivity index is 2.20. The molecule has 1 aromatic rings. The SMILES string of the molecule is CCOC(=O)CC1(C)Oc2ccc(S(=O)(=O)Cl)cc2O1. The Morgan fingerprint density at radius 2 is 2.00 bits per heavy atom. The van der Waals surface area contributed by atoms with E-state index in [9.17, 15) is 13.2 Å². The van der Waals surface area contributed by atoms with Gasteiger partial charge in [0.2, 0.25) is 0 Å². The first-order valence-electron chi connectivity index (χ1n) is 5.86. The molecule has 8 heteroatoms. The standard InChI is InChI=1S/C12H13ClO6S/c1-3-17-11(14)7-12(2)18-9-5-4-8(20(13,15)16)6-10(9)19-12/h4-6H,3,7H2,1-2H3. The molecule has 0 saturated carbocycles. The summed E-state index contributed by atoms with van der Waals surface area (Å²) in [5.41, 5.74) is 0. The second-order valence-electron chi connectivity index (χ2n) is 4.37. The van der Waals surface area contributed by atoms with Gasteiger partial charge in [-0.25, -0.2) is 8.42 Å². The highest BCUT2D eigenvalue weighted by Crippen LogP contribution is 2.42. The first kappa shape index (κ1) is 14.9. The van der Waals surface area contributed by atoms with Gasteiger partial charge in [0.1, 0.15) is 6.42 Å². The van der Waals surface area contributed by atoms with Crippen molar-refractivity contribution in [3.63, 3.8) is 0 Å². The molecule has 1 aliphatic rings. The molecule has 1 heterocycles. The molecular weight excluding hydrogens is 308 g/mol. The van der Waals surface area contributed by atoms with Crippen molar-refractivity contribution in [1.29, 1.82) is 0 Å². The average Bonchev–Trinajstić information content (AvgIpc) is 2.62. The maximum Gasteiger partial charge on any atom is 0.313 e. The van der Waals surface area contributed by atoms with Crippen molar-refractivity contribution in [1.82, 2.24) is 0 Å². The number of ether oxygens (including phenoxy) is 3. The van der Waals surface area contributed by atoms with Gasteiger partial charge in [-0.1, -0.05) is 0 Å². The minimum absolute atomic E-state index is 0.0955. The van der Waals surface area contributed by atoms with Gasteiger partial charge in [-0.3, -0.25) is 4.79 Å². The van der Waals surface area contributed by atoms with E-state index < -0.39 is 20.8 Å². The quantitative estimate of drug-likeness (QED) is 0.624. The molecule has 1 atom stereocenters. The monoisotopic (exact) mass is 320 g/mol. The van der Waals surface area contributed by atoms with Crippen molar-refractivity contribution in [2.75, 3.05) is 6.61 Å². The molecule has 0 aliphatic carbocycles. The minimum Gasteiger partial charge on any atom is -0.466 e. The van der Waals surface area contributed by atoms with Gasteiger partial charge in [-0.05, 0) is 19.1 Å². The third-order valence-corrected chi connectivity index (χ3v) is 3.97. The average molecular weight is 321 g/mol. The lowest BCUT2D eigenvalue weighted by Gasteiger charge is -2.21. The van der Waals surface area contributed by atoms with E-state index in [0.717, 1.165) is 0 Å². The summed E-state index contributed by atoms with van der Waals surface area (Å²) in [5, 5.41) is 0. The Morgan fingerprint density at radius 3 is 2.60 bits per heavy atom. The molecule has 0 spiro atoms. The number of hydrogen-bond acceptors (Lipinski definition) is 6. The van der Waals surface area contributed by atoms with E-state index in [0.29, 0.717) is 5.75 Å². The van der Waals surface area contributed by atoms with E-state index in [-0.39, 0.29) is 23.7 Å². The lowest BCUT2D eigenvalue weighted by atomic mass is 10.2. The number of benzene rings is 1. The van der Waals surface area contributed by atoms with Crippen LogP contribution in [-0.4, -0.2) is 26.8 Å². The van der Waals surface area contributed by atoms with Gasteiger partial charge >= 0.3 is 5.97 Å². The second-order valence-corrected chi connectivity index (χ2v) is 6.93. The van der Waals surface area contributed by atoms with Crippen LogP contribution in [0.5, 0.6) is 11.5 Å². The largest absolute Gasteiger partial charge is 0.466 e. The van der Waals surface area contributed by atoms with Crippen LogP contribution < -0.4 is 9.47 Å². The molecule has 1 unspecified atom stereocenters. The fraction of sp³-hybridized carbons (Fsp3) is 0.417. The first-order chi connectivity index (χ1) is 9.23. The van der Waals surface area contributed by atoms with E-state index in [1.54, 1.807) is 13.8 Å². The number of esters is 1. The predicted octanol–water partition coefficient (Wildman–Crippen LogP) is 2.05. The smallest absolute Gasteiger partial charge is 0.313 e. The molecular formula is C12H13ClO6S. The minimum atomic E-state index is -3.85. The third kappa shape index (κ3) is 3.16. The summed E-state index contributed by atoms with van der Waals surface area (Å²) in [4.78, 5) is 11.4. The number of carbonyl (C=O) groups is 1. The summed E-state index contributed by atoms with van der Waals surface area (Å²) in [6, 6.07) is 4.00. The maximum absolute atomic E-state index is 11.5. The van der Waals surface area contributed by atoms with Crippen molar-refractivity contribution in [2.24, 2.45) is 0 Å². The summed E-state index contributed by atoms with van der Waals surface area (Å²) in [6.07, 6.45) is -0.113. The molecule has 0 saturated heterocycles. The van der Waals surface area contributed by atoms with Crippen molar-refractivity contribution in [3.05, 3.63) is 18.2 Å². The molecule has 0 radical (unpaired) electrons. The molecule has 110 valence electrons.